The Morgan fingerprint density at radius 2 is 1.12 bits per heavy atom. The highest BCUT2D eigenvalue weighted by molar-refractivity contribution is 4.97. The first-order valence-electron chi connectivity index (χ1n) is 13.2. The molecule has 0 saturated carbocycles. The first kappa shape index (κ1) is 29.8. The van der Waals surface area contributed by atoms with Crippen molar-refractivity contribution in [2.45, 2.75) is 130 Å². The third kappa shape index (κ3) is 9.94. The predicted octanol–water partition coefficient (Wildman–Crippen LogP) is 5.75. The van der Waals surface area contributed by atoms with E-state index in [1.165, 1.54) is 0 Å². The van der Waals surface area contributed by atoms with E-state index in [0.29, 0.717) is 19.8 Å². The highest BCUT2D eigenvalue weighted by Gasteiger charge is 2.51. The van der Waals surface area contributed by atoms with Crippen LogP contribution in [0, 0.1) is 5.92 Å². The molecule has 1 saturated heterocycles. The van der Waals surface area contributed by atoms with Gasteiger partial charge in [-0.05, 0) is 31.6 Å². The Kier molecular flexibility index (Phi) is 16.9. The van der Waals surface area contributed by atoms with Gasteiger partial charge in [0, 0.05) is 33.5 Å². The lowest BCUT2D eigenvalue weighted by atomic mass is 9.89. The molecule has 0 N–H and O–H groups in total. The van der Waals surface area contributed by atoms with E-state index >= 15 is 0 Å². The number of hydrogen-bond donors (Lipinski definition) is 0. The first-order chi connectivity index (χ1) is 15.5. The topological polar surface area (TPSA) is 55.4 Å². The largest absolute Gasteiger partial charge is 0.375 e. The van der Waals surface area contributed by atoms with Crippen molar-refractivity contribution in [2.75, 3.05) is 33.5 Å². The SMILES string of the molecule is CCCCO[C@H]1[C@H](OCCCC)[C@@H]([C@H](OCCCC)C(C)C)O[C@H](OC)[C@@H]1OCCCC. The maximum Gasteiger partial charge on any atom is 0.186 e. The number of methoxy groups -OCH3 is 1. The van der Waals surface area contributed by atoms with Gasteiger partial charge in [-0.1, -0.05) is 67.2 Å². The monoisotopic (exact) mass is 460 g/mol. The van der Waals surface area contributed by atoms with Crippen molar-refractivity contribution in [3.63, 3.8) is 0 Å². The minimum atomic E-state index is -0.509. The minimum absolute atomic E-state index is 0.0975. The van der Waals surface area contributed by atoms with Gasteiger partial charge in [-0.15, -0.1) is 0 Å². The predicted molar refractivity (Wildman–Crippen MR) is 129 cm³/mol. The Morgan fingerprint density at radius 1 is 0.656 bits per heavy atom. The van der Waals surface area contributed by atoms with Gasteiger partial charge in [-0.2, -0.15) is 0 Å². The fourth-order valence-electron chi connectivity index (χ4n) is 3.97. The molecular weight excluding hydrogens is 408 g/mol. The van der Waals surface area contributed by atoms with Gasteiger partial charge in [0.05, 0.1) is 6.10 Å². The Hall–Kier alpha value is -0.240. The molecule has 0 unspecified atom stereocenters. The van der Waals surface area contributed by atoms with Gasteiger partial charge in [0.15, 0.2) is 6.29 Å². The average Bonchev–Trinajstić information content (AvgIpc) is 2.78. The fraction of sp³-hybridized carbons (Fsp3) is 1.00. The second-order valence-corrected chi connectivity index (χ2v) is 9.20. The van der Waals surface area contributed by atoms with Gasteiger partial charge in [0.1, 0.15) is 24.4 Å². The Morgan fingerprint density at radius 3 is 1.59 bits per heavy atom. The second kappa shape index (κ2) is 18.1. The normalized spacial score (nSPS) is 27.2. The van der Waals surface area contributed by atoms with Crippen molar-refractivity contribution in [3.8, 4) is 0 Å². The molecule has 0 radical (unpaired) electrons. The summed E-state index contributed by atoms with van der Waals surface area (Å²) in [7, 11) is 1.68. The van der Waals surface area contributed by atoms with Crippen LogP contribution in [0.4, 0.5) is 0 Å². The molecular formula is C26H52O6. The molecule has 1 fully saturated rings. The molecule has 0 aromatic rings. The summed E-state index contributed by atoms with van der Waals surface area (Å²) in [5, 5.41) is 0. The van der Waals surface area contributed by atoms with E-state index in [9.17, 15) is 0 Å². The van der Waals surface area contributed by atoms with Crippen molar-refractivity contribution < 1.29 is 28.4 Å². The summed E-state index contributed by atoms with van der Waals surface area (Å²) in [5.74, 6) is 0.278. The second-order valence-electron chi connectivity index (χ2n) is 9.20. The van der Waals surface area contributed by atoms with Crippen molar-refractivity contribution in [1.82, 2.24) is 0 Å². The summed E-state index contributed by atoms with van der Waals surface area (Å²) >= 11 is 0. The van der Waals surface area contributed by atoms with Gasteiger partial charge in [-0.3, -0.25) is 0 Å². The Bertz CT molecular complexity index is 433. The molecule has 0 spiro atoms. The third-order valence-corrected chi connectivity index (χ3v) is 5.98. The number of unbranched alkanes of at least 4 members (excludes halogenated alkanes) is 4. The van der Waals surface area contributed by atoms with Gasteiger partial charge >= 0.3 is 0 Å². The van der Waals surface area contributed by atoms with Crippen molar-refractivity contribution in [3.05, 3.63) is 0 Å². The summed E-state index contributed by atoms with van der Waals surface area (Å²) in [6.45, 7) is 15.8. The first-order valence-corrected chi connectivity index (χ1v) is 13.2. The summed E-state index contributed by atoms with van der Waals surface area (Å²) in [4.78, 5) is 0. The summed E-state index contributed by atoms with van der Waals surface area (Å²) < 4.78 is 37.9. The van der Waals surface area contributed by atoms with Crippen molar-refractivity contribution in [1.29, 1.82) is 0 Å². The third-order valence-electron chi connectivity index (χ3n) is 5.98. The van der Waals surface area contributed by atoms with Crippen LogP contribution >= 0.6 is 0 Å². The van der Waals surface area contributed by atoms with Crippen LogP contribution in [0.2, 0.25) is 0 Å². The Labute approximate surface area is 198 Å². The quantitative estimate of drug-likeness (QED) is 0.229. The molecule has 0 aromatic heterocycles. The summed E-state index contributed by atoms with van der Waals surface area (Å²) in [5.41, 5.74) is 0. The highest BCUT2D eigenvalue weighted by atomic mass is 16.7. The minimum Gasteiger partial charge on any atom is -0.375 e. The summed E-state index contributed by atoms with van der Waals surface area (Å²) in [6.07, 6.45) is 6.66. The van der Waals surface area contributed by atoms with Crippen LogP contribution in [0.3, 0.4) is 0 Å². The number of ether oxygens (including phenoxy) is 6. The van der Waals surface area contributed by atoms with E-state index in [1.54, 1.807) is 7.11 Å². The molecule has 0 bridgehead atoms. The van der Waals surface area contributed by atoms with Crippen LogP contribution in [0.15, 0.2) is 0 Å². The highest BCUT2D eigenvalue weighted by Crippen LogP contribution is 2.33. The van der Waals surface area contributed by atoms with Gasteiger partial charge < -0.3 is 28.4 Å². The van der Waals surface area contributed by atoms with E-state index < -0.39 is 6.29 Å². The zero-order valence-electron chi connectivity index (χ0n) is 22.0. The molecule has 1 heterocycles. The lowest BCUT2D eigenvalue weighted by molar-refractivity contribution is -0.330. The molecule has 6 heteroatoms. The fourth-order valence-corrected chi connectivity index (χ4v) is 3.97. The molecule has 192 valence electrons. The van der Waals surface area contributed by atoms with Crippen LogP contribution in [-0.2, 0) is 28.4 Å². The van der Waals surface area contributed by atoms with Gasteiger partial charge in [0.25, 0.3) is 0 Å². The van der Waals surface area contributed by atoms with Crippen LogP contribution in [0.25, 0.3) is 0 Å². The van der Waals surface area contributed by atoms with E-state index in [0.717, 1.165) is 58.0 Å². The lowest BCUT2D eigenvalue weighted by Gasteiger charge is -2.48. The van der Waals surface area contributed by atoms with Crippen molar-refractivity contribution >= 4 is 0 Å². The molecule has 32 heavy (non-hydrogen) atoms. The standard InChI is InChI=1S/C26H52O6/c1-8-12-16-28-21(20(5)6)24-22(29-17-13-9-2)23(30-18-14-10-3)25(26(27-7)32-24)31-19-15-11-4/h20-26H,8-19H2,1-7H3/t21-,22+,23+,24-,25-,26+/m1/s1. The zero-order valence-corrected chi connectivity index (χ0v) is 22.0. The molecule has 0 amide bonds. The van der Waals surface area contributed by atoms with E-state index in [1.807, 2.05) is 0 Å². The molecule has 6 atom stereocenters. The smallest absolute Gasteiger partial charge is 0.186 e. The average molecular weight is 461 g/mol. The number of rotatable bonds is 19. The number of hydrogen-bond acceptors (Lipinski definition) is 6. The maximum atomic E-state index is 6.54. The van der Waals surface area contributed by atoms with E-state index in [-0.39, 0.29) is 36.4 Å². The Balaban J connectivity index is 3.19. The maximum absolute atomic E-state index is 6.54. The van der Waals surface area contributed by atoms with Crippen LogP contribution < -0.4 is 0 Å². The molecule has 1 aliphatic rings. The van der Waals surface area contributed by atoms with E-state index in [4.69, 9.17) is 28.4 Å². The van der Waals surface area contributed by atoms with Crippen LogP contribution in [-0.4, -0.2) is 70.3 Å². The zero-order chi connectivity index (χ0) is 23.8. The van der Waals surface area contributed by atoms with Gasteiger partial charge in [-0.25, -0.2) is 0 Å². The summed E-state index contributed by atoms with van der Waals surface area (Å²) in [6, 6.07) is 0. The van der Waals surface area contributed by atoms with Crippen LogP contribution in [0.1, 0.15) is 92.9 Å². The molecule has 0 aliphatic carbocycles. The van der Waals surface area contributed by atoms with Crippen molar-refractivity contribution in [2.24, 2.45) is 5.92 Å². The van der Waals surface area contributed by atoms with Crippen LogP contribution in [0.5, 0.6) is 0 Å². The molecule has 1 rings (SSSR count). The molecule has 0 aromatic carbocycles. The van der Waals surface area contributed by atoms with Gasteiger partial charge in [0.2, 0.25) is 0 Å². The lowest BCUT2D eigenvalue weighted by Crippen LogP contribution is -2.64. The van der Waals surface area contributed by atoms with E-state index in [2.05, 4.69) is 41.5 Å². The molecule has 6 nitrogen and oxygen atoms in total. The molecule has 1 aliphatic heterocycles.